The van der Waals surface area contributed by atoms with E-state index in [1.807, 2.05) is 28.0 Å². The number of aryl methyl sites for hydroxylation is 1. The van der Waals surface area contributed by atoms with Gasteiger partial charge in [0.15, 0.2) is 11.5 Å². The molecule has 5 rings (SSSR count). The van der Waals surface area contributed by atoms with Gasteiger partial charge in [0.25, 0.3) is 0 Å². The van der Waals surface area contributed by atoms with Crippen molar-refractivity contribution in [1.82, 2.24) is 24.6 Å². The molecule has 5 nitrogen and oxygen atoms in total. The van der Waals surface area contributed by atoms with Crippen molar-refractivity contribution in [1.29, 1.82) is 0 Å². The van der Waals surface area contributed by atoms with Crippen molar-refractivity contribution in [2.24, 2.45) is 11.3 Å². The third kappa shape index (κ3) is 2.43. The normalized spacial score (nSPS) is 17.7. The van der Waals surface area contributed by atoms with Gasteiger partial charge in [-0.25, -0.2) is 14.5 Å². The number of nitrogens with zero attached hydrogens (tertiary/aromatic N) is 5. The molecule has 4 heterocycles. The molecule has 0 fully saturated rings. The molecule has 4 aromatic rings. The van der Waals surface area contributed by atoms with Gasteiger partial charge in [0, 0.05) is 22.8 Å². The average Bonchev–Trinajstić information content (AvgIpc) is 3.21. The van der Waals surface area contributed by atoms with Crippen molar-refractivity contribution in [2.45, 2.75) is 40.0 Å². The lowest BCUT2D eigenvalue weighted by molar-refractivity contribution is 0.218. The molecule has 0 saturated heterocycles. The van der Waals surface area contributed by atoms with Crippen molar-refractivity contribution in [2.75, 3.05) is 0 Å². The number of rotatable bonds is 1. The predicted molar refractivity (Wildman–Crippen MR) is 104 cm³/mol. The maximum Gasteiger partial charge on any atom is 0.183 e. The number of pyridine rings is 1. The molecule has 0 saturated carbocycles. The SMILES string of the molecule is CC(C)(C)[C@H]1CCc2c(sc3ncn4nc(-c5cccnc5)nc4c23)C1. The van der Waals surface area contributed by atoms with Crippen molar-refractivity contribution >= 4 is 27.2 Å². The molecule has 132 valence electrons. The van der Waals surface area contributed by atoms with Gasteiger partial charge in [0.05, 0.1) is 5.39 Å². The summed E-state index contributed by atoms with van der Waals surface area (Å²) in [4.78, 5) is 16.3. The van der Waals surface area contributed by atoms with Crippen LogP contribution in [-0.4, -0.2) is 24.6 Å². The molecule has 1 aliphatic rings. The molecule has 0 aliphatic heterocycles. The van der Waals surface area contributed by atoms with Crippen LogP contribution in [0, 0.1) is 11.3 Å². The largest absolute Gasteiger partial charge is 0.264 e. The number of hydrogen-bond acceptors (Lipinski definition) is 5. The van der Waals surface area contributed by atoms with E-state index in [0.29, 0.717) is 11.2 Å². The Labute approximate surface area is 156 Å². The van der Waals surface area contributed by atoms with E-state index in [1.165, 1.54) is 22.2 Å². The summed E-state index contributed by atoms with van der Waals surface area (Å²) in [5, 5.41) is 5.82. The molecule has 1 aliphatic carbocycles. The number of hydrogen-bond donors (Lipinski definition) is 0. The lowest BCUT2D eigenvalue weighted by Crippen LogP contribution is -2.26. The highest BCUT2D eigenvalue weighted by Gasteiger charge is 2.31. The molecule has 26 heavy (non-hydrogen) atoms. The van der Waals surface area contributed by atoms with Crippen LogP contribution in [0.15, 0.2) is 30.9 Å². The van der Waals surface area contributed by atoms with E-state index in [0.717, 1.165) is 34.8 Å². The zero-order valence-corrected chi connectivity index (χ0v) is 16.0. The third-order valence-corrected chi connectivity index (χ3v) is 6.69. The number of fused-ring (bicyclic) bond motifs is 5. The second-order valence-corrected chi connectivity index (χ2v) is 9.26. The van der Waals surface area contributed by atoms with Gasteiger partial charge in [-0.3, -0.25) is 4.98 Å². The molecule has 0 amide bonds. The van der Waals surface area contributed by atoms with Crippen LogP contribution in [0.4, 0.5) is 0 Å². The zero-order valence-electron chi connectivity index (χ0n) is 15.2. The molecular weight excluding hydrogens is 342 g/mol. The molecule has 0 unspecified atom stereocenters. The molecule has 6 heteroatoms. The quantitative estimate of drug-likeness (QED) is 0.498. The average molecular weight is 363 g/mol. The van der Waals surface area contributed by atoms with Gasteiger partial charge in [-0.1, -0.05) is 20.8 Å². The zero-order chi connectivity index (χ0) is 17.9. The van der Waals surface area contributed by atoms with Crippen LogP contribution < -0.4 is 0 Å². The monoisotopic (exact) mass is 363 g/mol. The van der Waals surface area contributed by atoms with Gasteiger partial charge in [-0.15, -0.1) is 16.4 Å². The second-order valence-electron chi connectivity index (χ2n) is 8.18. The fraction of sp³-hybridized carbons (Fsp3) is 0.400. The first-order valence-electron chi connectivity index (χ1n) is 9.07. The van der Waals surface area contributed by atoms with Crippen LogP contribution in [0.3, 0.4) is 0 Å². The smallest absolute Gasteiger partial charge is 0.183 e. The minimum absolute atomic E-state index is 0.346. The van der Waals surface area contributed by atoms with Crippen LogP contribution in [0.25, 0.3) is 27.3 Å². The standard InChI is InChI=1S/C20H21N5S/c1-20(2,3)13-6-7-14-15(9-13)26-19-16(14)18-23-17(24-25(18)11-22-19)12-5-4-8-21-10-12/h4-5,8,10-11,13H,6-7,9H2,1-3H3/t13-/m0/s1. The van der Waals surface area contributed by atoms with Crippen LogP contribution in [0.5, 0.6) is 0 Å². The van der Waals surface area contributed by atoms with E-state index in [-0.39, 0.29) is 0 Å². The van der Waals surface area contributed by atoms with Crippen LogP contribution >= 0.6 is 11.3 Å². The molecule has 0 spiro atoms. The topological polar surface area (TPSA) is 56.0 Å². The first-order chi connectivity index (χ1) is 12.5. The summed E-state index contributed by atoms with van der Waals surface area (Å²) in [7, 11) is 0. The Kier molecular flexibility index (Phi) is 3.41. The van der Waals surface area contributed by atoms with E-state index < -0.39 is 0 Å². The molecule has 4 aromatic heterocycles. The van der Waals surface area contributed by atoms with Crippen molar-refractivity contribution in [3.8, 4) is 11.4 Å². The predicted octanol–water partition coefficient (Wildman–Crippen LogP) is 4.55. The van der Waals surface area contributed by atoms with Gasteiger partial charge in [0.1, 0.15) is 11.2 Å². The number of thiophene rings is 1. The van der Waals surface area contributed by atoms with Crippen molar-refractivity contribution < 1.29 is 0 Å². The minimum atomic E-state index is 0.346. The summed E-state index contributed by atoms with van der Waals surface area (Å²) < 4.78 is 1.81. The van der Waals surface area contributed by atoms with E-state index >= 15 is 0 Å². The maximum absolute atomic E-state index is 4.84. The minimum Gasteiger partial charge on any atom is -0.264 e. The van der Waals surface area contributed by atoms with Gasteiger partial charge in [-0.2, -0.15) is 0 Å². The van der Waals surface area contributed by atoms with Crippen molar-refractivity contribution in [3.05, 3.63) is 41.3 Å². The molecule has 0 bridgehead atoms. The van der Waals surface area contributed by atoms with Gasteiger partial charge in [0.2, 0.25) is 0 Å². The highest BCUT2D eigenvalue weighted by atomic mass is 32.1. The summed E-state index contributed by atoms with van der Waals surface area (Å²) >= 11 is 1.83. The lowest BCUT2D eigenvalue weighted by Gasteiger charge is -2.33. The Hall–Kier alpha value is -2.34. The fourth-order valence-corrected chi connectivity index (χ4v) is 5.19. The van der Waals surface area contributed by atoms with Gasteiger partial charge < -0.3 is 0 Å². The Morgan fingerprint density at radius 3 is 2.92 bits per heavy atom. The summed E-state index contributed by atoms with van der Waals surface area (Å²) in [5.41, 5.74) is 3.63. The first-order valence-corrected chi connectivity index (χ1v) is 9.88. The number of aromatic nitrogens is 5. The molecule has 0 N–H and O–H groups in total. The summed E-state index contributed by atoms with van der Waals surface area (Å²) in [6.07, 6.45) is 8.83. The first kappa shape index (κ1) is 15.9. The molecule has 1 atom stereocenters. The Morgan fingerprint density at radius 1 is 1.27 bits per heavy atom. The summed E-state index contributed by atoms with van der Waals surface area (Å²) in [5.74, 6) is 1.43. The van der Waals surface area contributed by atoms with Crippen molar-refractivity contribution in [3.63, 3.8) is 0 Å². The van der Waals surface area contributed by atoms with Crippen LogP contribution in [0.1, 0.15) is 37.6 Å². The summed E-state index contributed by atoms with van der Waals surface area (Å²) in [6.45, 7) is 7.06. The van der Waals surface area contributed by atoms with E-state index in [1.54, 1.807) is 18.7 Å². The van der Waals surface area contributed by atoms with Gasteiger partial charge >= 0.3 is 0 Å². The second kappa shape index (κ2) is 5.58. The summed E-state index contributed by atoms with van der Waals surface area (Å²) in [6, 6.07) is 3.90. The highest BCUT2D eigenvalue weighted by Crippen LogP contribution is 2.43. The third-order valence-electron chi connectivity index (χ3n) is 5.53. The lowest BCUT2D eigenvalue weighted by atomic mass is 9.72. The van der Waals surface area contributed by atoms with Gasteiger partial charge in [-0.05, 0) is 48.3 Å². The van der Waals surface area contributed by atoms with E-state index in [4.69, 9.17) is 4.98 Å². The Balaban J connectivity index is 1.67. The molecule has 0 aromatic carbocycles. The Morgan fingerprint density at radius 2 is 2.15 bits per heavy atom. The molecule has 0 radical (unpaired) electrons. The maximum atomic E-state index is 4.84. The Bertz CT molecular complexity index is 1100. The van der Waals surface area contributed by atoms with Crippen LogP contribution in [0.2, 0.25) is 0 Å². The van der Waals surface area contributed by atoms with Crippen LogP contribution in [-0.2, 0) is 12.8 Å². The van der Waals surface area contributed by atoms with E-state index in [9.17, 15) is 0 Å². The molecular formula is C20H21N5S. The fourth-order valence-electron chi connectivity index (χ4n) is 3.93. The highest BCUT2D eigenvalue weighted by molar-refractivity contribution is 7.19. The van der Waals surface area contributed by atoms with E-state index in [2.05, 4.69) is 35.8 Å².